The predicted octanol–water partition coefficient (Wildman–Crippen LogP) is -0.0268. The number of carbonyl (C=O) groups is 3. The highest BCUT2D eigenvalue weighted by atomic mass is 32.1. The number of aliphatic hydroxyl groups is 5. The fraction of sp³-hybridized carbons (Fsp3) is 0.333. The number of β-amino-alcohol motifs (C(OH)–C–C–N with tert-alkyl or cyclic N) is 1. The molecule has 2 aliphatic rings. The first-order chi connectivity index (χ1) is 23.0. The molecule has 2 aliphatic heterocycles. The van der Waals surface area contributed by atoms with E-state index in [0.717, 1.165) is 4.90 Å². The minimum Gasteiger partial charge on any atom is -0.459 e. The van der Waals surface area contributed by atoms with Crippen LogP contribution in [0.4, 0.5) is 0 Å². The van der Waals surface area contributed by atoms with Gasteiger partial charge < -0.3 is 49.8 Å². The van der Waals surface area contributed by atoms with E-state index in [9.17, 15) is 39.9 Å². The lowest BCUT2D eigenvalue weighted by atomic mass is 9.96. The average Bonchev–Trinajstić information content (AvgIpc) is 3.61. The molecule has 254 valence electrons. The van der Waals surface area contributed by atoms with Gasteiger partial charge in [0.2, 0.25) is 0 Å². The highest BCUT2D eigenvalue weighted by Gasteiger charge is 2.61. The molecule has 15 heteroatoms. The standard InChI is InChI=1S/C33H34N2O12S/c36-16-22(37)24(38)27(39)33(43)18-34-32(48)35(33)28-26(47-31(42)21-14-8-3-9-15-21)25(46-30(41)20-12-6-2-7-13-20)23(45-28)17-44-29(40)19-10-4-1-5-11-19/h1-15,22-28,36-39,43H,16-18H2,(H,34,48)/t22-,23-,24-,25-,26-,27+,28-,33?/m1/s1. The molecule has 8 atom stereocenters. The summed E-state index contributed by atoms with van der Waals surface area (Å²) in [5.41, 5.74) is -2.06. The summed E-state index contributed by atoms with van der Waals surface area (Å²) in [6.07, 6.45) is -12.2. The van der Waals surface area contributed by atoms with E-state index in [1.807, 2.05) is 0 Å². The molecule has 0 radical (unpaired) electrons. The molecule has 2 heterocycles. The maximum absolute atomic E-state index is 13.5. The Labute approximate surface area is 280 Å². The number of aliphatic hydroxyl groups excluding tert-OH is 4. The Hall–Kier alpha value is -4.48. The quantitative estimate of drug-likeness (QED) is 0.0844. The van der Waals surface area contributed by atoms with Crippen LogP contribution in [0, 0.1) is 0 Å². The molecule has 0 aromatic heterocycles. The van der Waals surface area contributed by atoms with Crippen molar-refractivity contribution in [1.29, 1.82) is 0 Å². The van der Waals surface area contributed by atoms with E-state index in [2.05, 4.69) is 5.32 Å². The molecule has 0 amide bonds. The topological polar surface area (TPSA) is 205 Å². The molecule has 3 aromatic carbocycles. The molecule has 0 bridgehead atoms. The second-order valence-electron chi connectivity index (χ2n) is 11.1. The largest absolute Gasteiger partial charge is 0.459 e. The monoisotopic (exact) mass is 682 g/mol. The zero-order valence-corrected chi connectivity index (χ0v) is 26.1. The molecule has 0 spiro atoms. The molecule has 5 rings (SSSR count). The third-order valence-electron chi connectivity index (χ3n) is 7.95. The Morgan fingerprint density at radius 3 is 1.81 bits per heavy atom. The first-order valence-electron chi connectivity index (χ1n) is 14.9. The number of thiocarbonyl (C=S) groups is 1. The Balaban J connectivity index is 1.54. The van der Waals surface area contributed by atoms with Gasteiger partial charge >= 0.3 is 17.9 Å². The summed E-state index contributed by atoms with van der Waals surface area (Å²) in [5, 5.41) is 55.3. The van der Waals surface area contributed by atoms with Crippen molar-refractivity contribution in [2.75, 3.05) is 19.8 Å². The minimum atomic E-state index is -2.53. The smallest absolute Gasteiger partial charge is 0.338 e. The Bertz CT molecular complexity index is 1580. The molecular formula is C33H34N2O12S. The third kappa shape index (κ3) is 7.32. The van der Waals surface area contributed by atoms with Crippen molar-refractivity contribution in [3.8, 4) is 0 Å². The second kappa shape index (κ2) is 15.2. The van der Waals surface area contributed by atoms with E-state index in [1.165, 1.54) is 36.4 Å². The maximum atomic E-state index is 13.5. The van der Waals surface area contributed by atoms with Gasteiger partial charge in [0.25, 0.3) is 0 Å². The van der Waals surface area contributed by atoms with Crippen LogP contribution in [0.3, 0.4) is 0 Å². The van der Waals surface area contributed by atoms with E-state index in [-0.39, 0.29) is 21.8 Å². The molecule has 3 aromatic rings. The summed E-state index contributed by atoms with van der Waals surface area (Å²) < 4.78 is 23.5. The van der Waals surface area contributed by atoms with Gasteiger partial charge in [-0.3, -0.25) is 4.90 Å². The van der Waals surface area contributed by atoms with Crippen molar-refractivity contribution in [1.82, 2.24) is 10.2 Å². The van der Waals surface area contributed by atoms with Crippen LogP contribution in [0.15, 0.2) is 91.0 Å². The number of nitrogens with one attached hydrogen (secondary N) is 1. The molecule has 1 unspecified atom stereocenters. The summed E-state index contributed by atoms with van der Waals surface area (Å²) in [7, 11) is 0. The van der Waals surface area contributed by atoms with Crippen molar-refractivity contribution in [2.45, 2.75) is 48.6 Å². The van der Waals surface area contributed by atoms with Gasteiger partial charge in [-0.25, -0.2) is 14.4 Å². The zero-order valence-electron chi connectivity index (χ0n) is 25.3. The van der Waals surface area contributed by atoms with Crippen molar-refractivity contribution in [3.63, 3.8) is 0 Å². The lowest BCUT2D eigenvalue weighted by Crippen LogP contribution is -2.66. The van der Waals surface area contributed by atoms with Gasteiger partial charge in [0, 0.05) is 0 Å². The van der Waals surface area contributed by atoms with Gasteiger partial charge in [-0.05, 0) is 48.6 Å². The SMILES string of the molecule is O=C(OC[C@H]1O[C@@H](N2C(=S)NCC2(O)[C@@H](O)[C@H](O)[C@H](O)CO)[C@H](OC(=O)c2ccccc2)[C@@H]1OC(=O)c1ccccc1)c1ccccc1. The molecular weight excluding hydrogens is 648 g/mol. The van der Waals surface area contributed by atoms with Crippen LogP contribution in [0.1, 0.15) is 31.1 Å². The lowest BCUT2D eigenvalue weighted by molar-refractivity contribution is -0.229. The predicted molar refractivity (Wildman–Crippen MR) is 169 cm³/mol. The van der Waals surface area contributed by atoms with E-state index >= 15 is 0 Å². The fourth-order valence-corrected chi connectivity index (χ4v) is 5.73. The van der Waals surface area contributed by atoms with Gasteiger partial charge in [0.1, 0.15) is 31.0 Å². The van der Waals surface area contributed by atoms with Crippen LogP contribution in [-0.2, 0) is 18.9 Å². The van der Waals surface area contributed by atoms with E-state index in [1.54, 1.807) is 54.6 Å². The summed E-state index contributed by atoms with van der Waals surface area (Å²) in [6.45, 7) is -1.99. The number of hydrogen-bond acceptors (Lipinski definition) is 13. The number of carbonyl (C=O) groups excluding carboxylic acids is 3. The first kappa shape index (κ1) is 34.8. The number of esters is 3. The summed E-state index contributed by atoms with van der Waals surface area (Å²) in [6, 6.07) is 23.8. The molecule has 0 aliphatic carbocycles. The van der Waals surface area contributed by atoms with Gasteiger partial charge in [-0.15, -0.1) is 0 Å². The number of nitrogens with zero attached hydrogens (tertiary/aromatic N) is 1. The Kier molecular flexibility index (Phi) is 11.0. The van der Waals surface area contributed by atoms with E-state index < -0.39 is 86.2 Å². The lowest BCUT2D eigenvalue weighted by Gasteiger charge is -2.43. The van der Waals surface area contributed by atoms with Crippen LogP contribution in [0.5, 0.6) is 0 Å². The first-order valence-corrected chi connectivity index (χ1v) is 15.3. The van der Waals surface area contributed by atoms with Crippen LogP contribution >= 0.6 is 12.2 Å². The third-order valence-corrected chi connectivity index (χ3v) is 8.29. The van der Waals surface area contributed by atoms with Crippen LogP contribution in [0.2, 0.25) is 0 Å². The van der Waals surface area contributed by atoms with Crippen molar-refractivity contribution in [3.05, 3.63) is 108 Å². The van der Waals surface area contributed by atoms with Crippen LogP contribution in [0.25, 0.3) is 0 Å². The van der Waals surface area contributed by atoms with Gasteiger partial charge in [-0.2, -0.15) is 0 Å². The second-order valence-corrected chi connectivity index (χ2v) is 11.5. The van der Waals surface area contributed by atoms with Crippen molar-refractivity contribution < 1.29 is 58.9 Å². The summed E-state index contributed by atoms with van der Waals surface area (Å²) >= 11 is 5.43. The minimum absolute atomic E-state index is 0.113. The number of rotatable bonds is 12. The maximum Gasteiger partial charge on any atom is 0.338 e. The fourth-order valence-electron chi connectivity index (χ4n) is 5.39. The molecule has 6 N–H and O–H groups in total. The Morgan fingerprint density at radius 2 is 1.31 bits per heavy atom. The Morgan fingerprint density at radius 1 is 0.833 bits per heavy atom. The molecule has 2 saturated heterocycles. The zero-order chi connectivity index (χ0) is 34.4. The highest BCUT2D eigenvalue weighted by Crippen LogP contribution is 2.37. The number of benzene rings is 3. The highest BCUT2D eigenvalue weighted by molar-refractivity contribution is 7.80. The summed E-state index contributed by atoms with van der Waals surface area (Å²) in [5.74, 6) is -2.46. The number of hydrogen-bond donors (Lipinski definition) is 6. The molecule has 14 nitrogen and oxygen atoms in total. The van der Waals surface area contributed by atoms with Gasteiger partial charge in [0.15, 0.2) is 29.3 Å². The average molecular weight is 683 g/mol. The van der Waals surface area contributed by atoms with Crippen LogP contribution < -0.4 is 5.32 Å². The van der Waals surface area contributed by atoms with Gasteiger partial charge in [0.05, 0.1) is 29.8 Å². The molecule has 48 heavy (non-hydrogen) atoms. The van der Waals surface area contributed by atoms with Gasteiger partial charge in [-0.1, -0.05) is 54.6 Å². The van der Waals surface area contributed by atoms with E-state index in [4.69, 9.17) is 31.2 Å². The van der Waals surface area contributed by atoms with Crippen molar-refractivity contribution in [2.24, 2.45) is 0 Å². The normalized spacial score (nSPS) is 25.4. The molecule has 2 fully saturated rings. The van der Waals surface area contributed by atoms with Crippen molar-refractivity contribution >= 4 is 35.2 Å². The van der Waals surface area contributed by atoms with E-state index in [0.29, 0.717) is 0 Å². The van der Waals surface area contributed by atoms with Crippen LogP contribution in [-0.4, -0.2) is 122 Å². The number of ether oxygens (including phenoxy) is 4. The summed E-state index contributed by atoms with van der Waals surface area (Å²) in [4.78, 5) is 40.6. The molecule has 0 saturated carbocycles.